The van der Waals surface area contributed by atoms with Crippen LogP contribution in [-0.4, -0.2) is 28.3 Å². The molecular formula is C23H29NO3. The second-order valence-electron chi connectivity index (χ2n) is 7.29. The second kappa shape index (κ2) is 9.65. The van der Waals surface area contributed by atoms with Gasteiger partial charge in [0.2, 0.25) is 0 Å². The molecule has 1 aliphatic heterocycles. The minimum Gasteiger partial charge on any atom is -0.459 e. The Morgan fingerprint density at radius 2 is 2.07 bits per heavy atom. The molecule has 0 radical (unpaired) electrons. The molecule has 0 bridgehead atoms. The highest BCUT2D eigenvalue weighted by Gasteiger charge is 2.25. The van der Waals surface area contributed by atoms with Gasteiger partial charge in [0.1, 0.15) is 12.2 Å². The van der Waals surface area contributed by atoms with Gasteiger partial charge in [-0.2, -0.15) is 0 Å². The molecule has 4 nitrogen and oxygen atoms in total. The smallest absolute Gasteiger partial charge is 0.306 e. The number of aliphatic hydroxyl groups excluding tert-OH is 1. The zero-order chi connectivity index (χ0) is 19.1. The lowest BCUT2D eigenvalue weighted by Gasteiger charge is -2.24. The molecule has 2 aromatic rings. The molecule has 27 heavy (non-hydrogen) atoms. The molecule has 1 aromatic heterocycles. The number of carbonyl (C=O) groups excluding carboxylic acids is 1. The molecule has 0 spiro atoms. The molecule has 144 valence electrons. The maximum atomic E-state index is 11.4. The second-order valence-corrected chi connectivity index (χ2v) is 7.29. The van der Waals surface area contributed by atoms with Crippen LogP contribution in [0.4, 0.5) is 0 Å². The van der Waals surface area contributed by atoms with E-state index in [2.05, 4.69) is 24.0 Å². The Bertz CT molecular complexity index is 799. The number of rotatable bonds is 8. The van der Waals surface area contributed by atoms with Crippen LogP contribution in [0.15, 0.2) is 36.5 Å². The van der Waals surface area contributed by atoms with Crippen molar-refractivity contribution < 1.29 is 14.6 Å². The standard InChI is InChI=1S/C23H29NO3/c1-2-3-4-5-11-20-19-10-7-6-9-18(19)17(16-24-20)14-15-21(25)22-12-8-13-23(26)27-22/h6-7,9-10,14-16,21-22,25H,2-5,8,11-13H2,1H3/b15-14+. The van der Waals surface area contributed by atoms with Crippen LogP contribution in [0.2, 0.25) is 0 Å². The number of fused-ring (bicyclic) bond motifs is 1. The van der Waals surface area contributed by atoms with E-state index in [-0.39, 0.29) is 5.97 Å². The van der Waals surface area contributed by atoms with Crippen LogP contribution in [0, 0.1) is 0 Å². The first-order valence-corrected chi connectivity index (χ1v) is 10.1. The summed E-state index contributed by atoms with van der Waals surface area (Å²) in [4.78, 5) is 16.1. The average molecular weight is 367 g/mol. The van der Waals surface area contributed by atoms with Gasteiger partial charge in [0, 0.05) is 29.3 Å². The molecule has 2 unspecified atom stereocenters. The number of pyridine rings is 1. The molecule has 2 atom stereocenters. The van der Waals surface area contributed by atoms with Crippen LogP contribution in [0.5, 0.6) is 0 Å². The van der Waals surface area contributed by atoms with Crippen LogP contribution in [0.25, 0.3) is 16.8 Å². The van der Waals surface area contributed by atoms with Gasteiger partial charge in [-0.3, -0.25) is 9.78 Å². The molecular weight excluding hydrogens is 338 g/mol. The van der Waals surface area contributed by atoms with E-state index in [0.29, 0.717) is 12.8 Å². The molecule has 0 aliphatic carbocycles. The molecule has 0 amide bonds. The molecule has 0 saturated carbocycles. The topological polar surface area (TPSA) is 59.4 Å². The number of aromatic nitrogens is 1. The van der Waals surface area contributed by atoms with Crippen molar-refractivity contribution in [3.8, 4) is 0 Å². The van der Waals surface area contributed by atoms with E-state index >= 15 is 0 Å². The van der Waals surface area contributed by atoms with Gasteiger partial charge in [-0.15, -0.1) is 0 Å². The third-order valence-electron chi connectivity index (χ3n) is 5.18. The van der Waals surface area contributed by atoms with E-state index in [1.165, 1.54) is 24.6 Å². The van der Waals surface area contributed by atoms with Gasteiger partial charge in [0.15, 0.2) is 0 Å². The summed E-state index contributed by atoms with van der Waals surface area (Å²) in [6, 6.07) is 8.29. The van der Waals surface area contributed by atoms with Crippen molar-refractivity contribution in [1.29, 1.82) is 0 Å². The quantitative estimate of drug-likeness (QED) is 0.536. The SMILES string of the molecule is CCCCCCc1ncc(/C=C/C(O)C2CCCC(=O)O2)c2ccccc12. The van der Waals surface area contributed by atoms with Crippen molar-refractivity contribution in [3.63, 3.8) is 0 Å². The van der Waals surface area contributed by atoms with Crippen LogP contribution >= 0.6 is 0 Å². The van der Waals surface area contributed by atoms with Gasteiger partial charge in [-0.05, 0) is 31.1 Å². The highest BCUT2D eigenvalue weighted by molar-refractivity contribution is 5.91. The Labute approximate surface area is 161 Å². The Morgan fingerprint density at radius 1 is 1.26 bits per heavy atom. The maximum absolute atomic E-state index is 11.4. The molecule has 1 aromatic carbocycles. The van der Waals surface area contributed by atoms with Crippen LogP contribution in [0.1, 0.15) is 63.1 Å². The van der Waals surface area contributed by atoms with Gasteiger partial charge in [0.05, 0.1) is 0 Å². The largest absolute Gasteiger partial charge is 0.459 e. The number of aryl methyl sites for hydroxylation is 1. The normalized spacial score (nSPS) is 18.7. The Hall–Kier alpha value is -2.20. The third kappa shape index (κ3) is 5.16. The van der Waals surface area contributed by atoms with Crippen molar-refractivity contribution in [2.45, 2.75) is 70.5 Å². The van der Waals surface area contributed by atoms with E-state index in [9.17, 15) is 9.90 Å². The number of hydrogen-bond acceptors (Lipinski definition) is 4. The number of esters is 1. The number of cyclic esters (lactones) is 1. The fraction of sp³-hybridized carbons (Fsp3) is 0.478. The number of unbranched alkanes of at least 4 members (excludes halogenated alkanes) is 3. The van der Waals surface area contributed by atoms with Crippen molar-refractivity contribution in [3.05, 3.63) is 47.8 Å². The predicted octanol–water partition coefficient (Wildman–Crippen LogP) is 4.83. The Balaban J connectivity index is 1.75. The number of ether oxygens (including phenoxy) is 1. The first kappa shape index (κ1) is 19.6. The van der Waals surface area contributed by atoms with E-state index in [1.807, 2.05) is 24.4 Å². The summed E-state index contributed by atoms with van der Waals surface area (Å²) < 4.78 is 5.25. The maximum Gasteiger partial charge on any atom is 0.306 e. The molecule has 4 heteroatoms. The first-order chi connectivity index (χ1) is 13.2. The zero-order valence-corrected chi connectivity index (χ0v) is 16.1. The number of benzene rings is 1. The average Bonchev–Trinajstić information content (AvgIpc) is 2.70. The van der Waals surface area contributed by atoms with Crippen LogP contribution < -0.4 is 0 Å². The number of carbonyl (C=O) groups is 1. The van der Waals surface area contributed by atoms with E-state index in [1.54, 1.807) is 6.08 Å². The van der Waals surface area contributed by atoms with E-state index in [4.69, 9.17) is 4.74 Å². The summed E-state index contributed by atoms with van der Waals surface area (Å²) in [6.07, 6.45) is 12.1. The fourth-order valence-corrected chi connectivity index (χ4v) is 3.63. The highest BCUT2D eigenvalue weighted by atomic mass is 16.6. The molecule has 2 heterocycles. The summed E-state index contributed by atoms with van der Waals surface area (Å²) in [7, 11) is 0. The van der Waals surface area contributed by atoms with Crippen LogP contribution in [-0.2, 0) is 16.0 Å². The van der Waals surface area contributed by atoms with Gasteiger partial charge in [0.25, 0.3) is 0 Å². The van der Waals surface area contributed by atoms with Crippen molar-refractivity contribution in [2.24, 2.45) is 0 Å². The van der Waals surface area contributed by atoms with Gasteiger partial charge < -0.3 is 9.84 Å². The minimum atomic E-state index is -0.790. The van der Waals surface area contributed by atoms with E-state index in [0.717, 1.165) is 35.9 Å². The summed E-state index contributed by atoms with van der Waals surface area (Å²) >= 11 is 0. The lowest BCUT2D eigenvalue weighted by Crippen LogP contribution is -2.33. The first-order valence-electron chi connectivity index (χ1n) is 10.1. The Kier molecular flexibility index (Phi) is 6.99. The summed E-state index contributed by atoms with van der Waals surface area (Å²) in [6.45, 7) is 2.22. The summed E-state index contributed by atoms with van der Waals surface area (Å²) in [5.74, 6) is -0.224. The summed E-state index contributed by atoms with van der Waals surface area (Å²) in [5, 5.41) is 12.7. The van der Waals surface area contributed by atoms with Gasteiger partial charge in [-0.25, -0.2) is 0 Å². The lowest BCUT2D eigenvalue weighted by atomic mass is 9.99. The number of aliphatic hydroxyl groups is 1. The molecule has 1 saturated heterocycles. The highest BCUT2D eigenvalue weighted by Crippen LogP contribution is 2.24. The van der Waals surface area contributed by atoms with Gasteiger partial charge in [-0.1, -0.05) is 62.6 Å². The lowest BCUT2D eigenvalue weighted by molar-refractivity contribution is -0.158. The molecule has 1 fully saturated rings. The molecule has 1 aliphatic rings. The molecule has 3 rings (SSSR count). The third-order valence-corrected chi connectivity index (χ3v) is 5.18. The van der Waals surface area contributed by atoms with Crippen LogP contribution in [0.3, 0.4) is 0 Å². The summed E-state index contributed by atoms with van der Waals surface area (Å²) in [5.41, 5.74) is 2.12. The molecule has 1 N–H and O–H groups in total. The monoisotopic (exact) mass is 367 g/mol. The van der Waals surface area contributed by atoms with Crippen molar-refractivity contribution >= 4 is 22.8 Å². The fourth-order valence-electron chi connectivity index (χ4n) is 3.63. The Morgan fingerprint density at radius 3 is 2.85 bits per heavy atom. The minimum absolute atomic E-state index is 0.224. The van der Waals surface area contributed by atoms with Crippen molar-refractivity contribution in [1.82, 2.24) is 4.98 Å². The zero-order valence-electron chi connectivity index (χ0n) is 16.1. The number of hydrogen-bond donors (Lipinski definition) is 1. The van der Waals surface area contributed by atoms with E-state index < -0.39 is 12.2 Å². The van der Waals surface area contributed by atoms with Crippen molar-refractivity contribution in [2.75, 3.05) is 0 Å². The van der Waals surface area contributed by atoms with Gasteiger partial charge >= 0.3 is 5.97 Å². The predicted molar refractivity (Wildman–Crippen MR) is 108 cm³/mol. The number of nitrogens with zero attached hydrogens (tertiary/aromatic N) is 1.